The average molecular weight is 686 g/mol. The lowest BCUT2D eigenvalue weighted by Gasteiger charge is -2.11. The van der Waals surface area contributed by atoms with E-state index in [0.29, 0.717) is 17.5 Å². The van der Waals surface area contributed by atoms with E-state index in [9.17, 15) is 4.79 Å². The van der Waals surface area contributed by atoms with Crippen LogP contribution in [0.5, 0.6) is 0 Å². The van der Waals surface area contributed by atoms with Crippen LogP contribution in [0.25, 0.3) is 100 Å². The van der Waals surface area contributed by atoms with E-state index < -0.39 is 0 Å². The number of benzene rings is 7. The second-order valence-corrected chi connectivity index (χ2v) is 13.4. The minimum absolute atomic E-state index is 0.0515. The number of hydrogen-bond donors (Lipinski definition) is 0. The van der Waals surface area contributed by atoms with Crippen molar-refractivity contribution in [2.75, 3.05) is 0 Å². The van der Waals surface area contributed by atoms with Crippen LogP contribution in [0.2, 0.25) is 0 Å². The first kappa shape index (κ1) is 30.7. The Balaban J connectivity index is 1.12. The highest BCUT2D eigenvalue weighted by Gasteiger charge is 2.18. The molecule has 0 aliphatic carbocycles. The van der Waals surface area contributed by atoms with E-state index in [4.69, 9.17) is 19.4 Å². The molecule has 0 radical (unpaired) electrons. The van der Waals surface area contributed by atoms with Gasteiger partial charge in [-0.25, -0.2) is 19.7 Å². The van der Waals surface area contributed by atoms with E-state index in [1.807, 2.05) is 66.7 Å². The van der Waals surface area contributed by atoms with Gasteiger partial charge in [0.15, 0.2) is 17.5 Å². The number of imidazole rings is 1. The van der Waals surface area contributed by atoms with E-state index in [0.717, 1.165) is 77.3 Å². The predicted octanol–water partition coefficient (Wildman–Crippen LogP) is 10.4. The molecule has 3 heterocycles. The van der Waals surface area contributed by atoms with Crippen LogP contribution in [0.4, 0.5) is 0 Å². The van der Waals surface area contributed by atoms with Crippen molar-refractivity contribution in [3.8, 4) is 56.4 Å². The molecule has 252 valence electrons. The highest BCUT2D eigenvalue weighted by molar-refractivity contribution is 6.22. The molecular formula is C46H31N5O2. The van der Waals surface area contributed by atoms with E-state index in [1.54, 1.807) is 23.2 Å². The molecule has 0 atom stereocenters. The molecule has 0 N–H and O–H groups in total. The summed E-state index contributed by atoms with van der Waals surface area (Å²) in [7, 11) is 3.60. The van der Waals surface area contributed by atoms with Crippen LogP contribution in [0.1, 0.15) is 0 Å². The van der Waals surface area contributed by atoms with Crippen molar-refractivity contribution in [1.29, 1.82) is 0 Å². The van der Waals surface area contributed by atoms with Gasteiger partial charge in [0.2, 0.25) is 0 Å². The van der Waals surface area contributed by atoms with Crippen LogP contribution in [-0.4, -0.2) is 24.1 Å². The van der Waals surface area contributed by atoms with Gasteiger partial charge < -0.3 is 4.42 Å². The number of aromatic nitrogens is 5. The summed E-state index contributed by atoms with van der Waals surface area (Å²) in [6.45, 7) is 0. The highest BCUT2D eigenvalue weighted by atomic mass is 16.3. The lowest BCUT2D eigenvalue weighted by molar-refractivity contribution is 0.669. The summed E-state index contributed by atoms with van der Waals surface area (Å²) in [5, 5.41) is 4.54. The standard InChI is InChI=1S/C46H31N5O2/c1-50-37-23-21-31(27-38(37)51(2)46(50)52)30-14-8-16-33(25-30)44-47-43(29-12-4-3-5-13-29)48-45(49-44)34-17-9-15-32(26-34)36-19-10-20-39-42(36)41-35-18-7-6-11-28(35)22-24-40(41)53-39/h3-27H,1-2H3. The molecule has 0 aliphatic rings. The van der Waals surface area contributed by atoms with Crippen LogP contribution in [0.3, 0.4) is 0 Å². The van der Waals surface area contributed by atoms with Gasteiger partial charge in [0.1, 0.15) is 11.2 Å². The Labute approximate surface area is 304 Å². The van der Waals surface area contributed by atoms with Crippen LogP contribution < -0.4 is 5.69 Å². The molecule has 0 fully saturated rings. The lowest BCUT2D eigenvalue weighted by atomic mass is 9.95. The molecule has 0 unspecified atom stereocenters. The van der Waals surface area contributed by atoms with Crippen molar-refractivity contribution in [3.05, 3.63) is 162 Å². The molecule has 3 aromatic heterocycles. The molecular weight excluding hydrogens is 655 g/mol. The second-order valence-electron chi connectivity index (χ2n) is 13.4. The number of hydrogen-bond acceptors (Lipinski definition) is 5. The molecule has 10 rings (SSSR count). The average Bonchev–Trinajstić information content (AvgIpc) is 3.72. The van der Waals surface area contributed by atoms with Crippen molar-refractivity contribution < 1.29 is 4.42 Å². The summed E-state index contributed by atoms with van der Waals surface area (Å²) < 4.78 is 9.74. The summed E-state index contributed by atoms with van der Waals surface area (Å²) in [4.78, 5) is 27.8. The van der Waals surface area contributed by atoms with Gasteiger partial charge in [0.25, 0.3) is 0 Å². The molecule has 0 amide bonds. The fourth-order valence-electron chi connectivity index (χ4n) is 7.53. The maximum Gasteiger partial charge on any atom is 0.328 e. The summed E-state index contributed by atoms with van der Waals surface area (Å²) in [5.41, 5.74) is 10.2. The first-order chi connectivity index (χ1) is 26.0. The molecule has 7 heteroatoms. The number of fused-ring (bicyclic) bond motifs is 6. The number of aryl methyl sites for hydroxylation is 2. The highest BCUT2D eigenvalue weighted by Crippen LogP contribution is 2.41. The zero-order valence-electron chi connectivity index (χ0n) is 29.0. The fraction of sp³-hybridized carbons (Fsp3) is 0.0435. The first-order valence-electron chi connectivity index (χ1n) is 17.5. The largest absolute Gasteiger partial charge is 0.456 e. The third-order valence-electron chi connectivity index (χ3n) is 10.2. The van der Waals surface area contributed by atoms with Gasteiger partial charge in [-0.15, -0.1) is 0 Å². The SMILES string of the molecule is Cn1c(=O)n(C)c2cc(-c3cccc(-c4nc(-c5ccccc5)nc(-c5cccc(-c6cccc7oc8ccc9ccccc9c8c67)c5)n4)c3)ccc21. The quantitative estimate of drug-likeness (QED) is 0.180. The first-order valence-corrected chi connectivity index (χ1v) is 17.5. The molecule has 0 saturated carbocycles. The Hall–Kier alpha value is -7.12. The second kappa shape index (κ2) is 12.0. The number of nitrogens with zero attached hydrogens (tertiary/aromatic N) is 5. The van der Waals surface area contributed by atoms with Gasteiger partial charge in [-0.3, -0.25) is 9.13 Å². The van der Waals surface area contributed by atoms with E-state index in [1.165, 1.54) is 5.39 Å². The Morgan fingerprint density at radius 3 is 1.83 bits per heavy atom. The Bertz CT molecular complexity index is 3120. The van der Waals surface area contributed by atoms with Gasteiger partial charge in [-0.2, -0.15) is 0 Å². The molecule has 0 saturated heterocycles. The third-order valence-corrected chi connectivity index (χ3v) is 10.2. The minimum atomic E-state index is -0.0515. The summed E-state index contributed by atoms with van der Waals surface area (Å²) in [6.07, 6.45) is 0. The van der Waals surface area contributed by atoms with Crippen molar-refractivity contribution >= 4 is 43.7 Å². The van der Waals surface area contributed by atoms with Crippen LogP contribution in [0, 0.1) is 0 Å². The lowest BCUT2D eigenvalue weighted by Crippen LogP contribution is -2.19. The molecule has 0 bridgehead atoms. The monoisotopic (exact) mass is 685 g/mol. The summed E-state index contributed by atoms with van der Waals surface area (Å²) in [5.74, 6) is 1.75. The Morgan fingerprint density at radius 1 is 0.453 bits per heavy atom. The summed E-state index contributed by atoms with van der Waals surface area (Å²) in [6, 6.07) is 51.6. The van der Waals surface area contributed by atoms with Crippen molar-refractivity contribution in [2.24, 2.45) is 14.1 Å². The zero-order valence-corrected chi connectivity index (χ0v) is 29.0. The molecule has 0 spiro atoms. The van der Waals surface area contributed by atoms with Gasteiger partial charge >= 0.3 is 5.69 Å². The van der Waals surface area contributed by atoms with Gasteiger partial charge in [-0.1, -0.05) is 115 Å². The Morgan fingerprint density at radius 2 is 1.04 bits per heavy atom. The molecule has 53 heavy (non-hydrogen) atoms. The third kappa shape index (κ3) is 5.05. The van der Waals surface area contributed by atoms with Crippen molar-refractivity contribution in [1.82, 2.24) is 24.1 Å². The minimum Gasteiger partial charge on any atom is -0.456 e. The Kier molecular flexibility index (Phi) is 6.94. The number of rotatable bonds is 5. The maximum atomic E-state index is 12.6. The van der Waals surface area contributed by atoms with E-state index in [2.05, 4.69) is 84.9 Å². The number of furan rings is 1. The predicted molar refractivity (Wildman–Crippen MR) is 214 cm³/mol. The molecule has 7 nitrogen and oxygen atoms in total. The molecule has 7 aromatic carbocycles. The van der Waals surface area contributed by atoms with Crippen molar-refractivity contribution in [2.45, 2.75) is 0 Å². The summed E-state index contributed by atoms with van der Waals surface area (Å²) >= 11 is 0. The molecule has 0 aliphatic heterocycles. The smallest absolute Gasteiger partial charge is 0.328 e. The fourth-order valence-corrected chi connectivity index (χ4v) is 7.53. The van der Waals surface area contributed by atoms with E-state index in [-0.39, 0.29) is 5.69 Å². The molecule has 10 aromatic rings. The van der Waals surface area contributed by atoms with Gasteiger partial charge in [-0.05, 0) is 69.4 Å². The van der Waals surface area contributed by atoms with Crippen LogP contribution in [-0.2, 0) is 14.1 Å². The van der Waals surface area contributed by atoms with Crippen LogP contribution >= 0.6 is 0 Å². The van der Waals surface area contributed by atoms with E-state index >= 15 is 0 Å². The van der Waals surface area contributed by atoms with Crippen molar-refractivity contribution in [3.63, 3.8) is 0 Å². The van der Waals surface area contributed by atoms with Crippen LogP contribution in [0.15, 0.2) is 161 Å². The normalized spacial score (nSPS) is 11.7. The topological polar surface area (TPSA) is 78.7 Å². The zero-order chi connectivity index (χ0) is 35.6. The van der Waals surface area contributed by atoms with Gasteiger partial charge in [0, 0.05) is 41.6 Å². The van der Waals surface area contributed by atoms with Gasteiger partial charge in [0.05, 0.1) is 11.0 Å². The maximum absolute atomic E-state index is 12.6.